The van der Waals surface area contributed by atoms with Crippen LogP contribution in [0.3, 0.4) is 0 Å². The van der Waals surface area contributed by atoms with E-state index in [0.29, 0.717) is 52.2 Å². The van der Waals surface area contributed by atoms with Crippen LogP contribution in [0.25, 0.3) is 11.0 Å². The summed E-state index contributed by atoms with van der Waals surface area (Å²) in [4.78, 5) is 74.0. The minimum absolute atomic E-state index is 0.0247. The number of furan rings is 1. The quantitative estimate of drug-likeness (QED) is 0.111. The number of rotatable bonds is 13. The summed E-state index contributed by atoms with van der Waals surface area (Å²) in [6.07, 6.45) is 4.49. The van der Waals surface area contributed by atoms with Crippen molar-refractivity contribution in [3.8, 4) is 11.5 Å². The van der Waals surface area contributed by atoms with Gasteiger partial charge in [-0.25, -0.2) is 4.98 Å². The number of esters is 1. The van der Waals surface area contributed by atoms with Gasteiger partial charge in [-0.3, -0.25) is 33.9 Å². The van der Waals surface area contributed by atoms with Crippen LogP contribution in [-0.2, 0) is 27.8 Å². The Balaban J connectivity index is 0.910. The number of aromatic nitrogens is 2. The van der Waals surface area contributed by atoms with Crippen LogP contribution in [0.1, 0.15) is 56.4 Å². The Kier molecular flexibility index (Phi) is 10.3. The number of methoxy groups -OCH3 is 2. The fourth-order valence-corrected chi connectivity index (χ4v) is 6.43. The van der Waals surface area contributed by atoms with Gasteiger partial charge >= 0.3 is 5.97 Å². The summed E-state index contributed by atoms with van der Waals surface area (Å²) in [5.74, 6) is -0.870. The first kappa shape index (κ1) is 36.4. The molecule has 1 atom stereocenters. The first-order valence-electron chi connectivity index (χ1n) is 17.5. The van der Waals surface area contributed by atoms with Gasteiger partial charge in [0.05, 0.1) is 44.5 Å². The second-order valence-corrected chi connectivity index (χ2v) is 12.8. The number of nitrogens with one attached hydrogen (secondary N) is 3. The molecule has 4 heterocycles. The van der Waals surface area contributed by atoms with E-state index >= 15 is 0 Å². The lowest BCUT2D eigenvalue weighted by Gasteiger charge is -2.22. The maximum absolute atomic E-state index is 13.6. The zero-order chi connectivity index (χ0) is 38.6. The van der Waals surface area contributed by atoms with Crippen molar-refractivity contribution in [1.82, 2.24) is 14.9 Å². The Morgan fingerprint density at radius 2 is 1.80 bits per heavy atom. The van der Waals surface area contributed by atoms with E-state index < -0.39 is 17.8 Å². The van der Waals surface area contributed by atoms with Gasteiger partial charge in [0.25, 0.3) is 17.7 Å². The molecule has 3 N–H and O–H groups in total. The van der Waals surface area contributed by atoms with Gasteiger partial charge in [0.15, 0.2) is 23.1 Å². The van der Waals surface area contributed by atoms with Gasteiger partial charge in [0.1, 0.15) is 5.58 Å². The molecule has 55 heavy (non-hydrogen) atoms. The molecule has 2 aliphatic rings. The molecule has 2 aromatic heterocycles. The predicted octanol–water partition coefficient (Wildman–Crippen LogP) is 4.81. The van der Waals surface area contributed by atoms with Crippen molar-refractivity contribution in [3.63, 3.8) is 0 Å². The second-order valence-electron chi connectivity index (χ2n) is 12.8. The van der Waals surface area contributed by atoms with Crippen LogP contribution >= 0.6 is 0 Å². The minimum Gasteiger partial charge on any atom is -0.493 e. The standard InChI is InChI=1S/C39H37N7O9/c1-45-21-33(44-36(45)38(50)42-24-10-11-29-23(15-24)17-32(55-29)37(49)40-13-12-35(48)53-3)43-34(47)9-6-14-54-31-19-27-26(18-30(31)52-2)39(51)46-25(20-41-27)16-22-7-4-5-8-28(22)46/h4-5,7-8,10-11,15,17-21,25H,6,9,12-14,16H2,1-3H3,(H,40,49)(H,42,50)(H,43,47)/t25-/m0/s1. The molecule has 16 nitrogen and oxygen atoms in total. The van der Waals surface area contributed by atoms with E-state index in [9.17, 15) is 24.0 Å². The number of carbonyl (C=O) groups is 5. The Labute approximate surface area is 314 Å². The van der Waals surface area contributed by atoms with Gasteiger partial charge in [-0.05, 0) is 48.4 Å². The smallest absolute Gasteiger partial charge is 0.307 e. The van der Waals surface area contributed by atoms with E-state index in [2.05, 4.69) is 30.7 Å². The molecule has 7 rings (SSSR count). The fourth-order valence-electron chi connectivity index (χ4n) is 6.43. The number of aryl methyl sites for hydroxylation is 1. The Morgan fingerprint density at radius 1 is 0.964 bits per heavy atom. The molecular formula is C39H37N7O9. The maximum Gasteiger partial charge on any atom is 0.307 e. The number of nitrogens with zero attached hydrogens (tertiary/aromatic N) is 4. The van der Waals surface area contributed by atoms with E-state index in [1.54, 1.807) is 48.5 Å². The molecule has 4 amide bonds. The third-order valence-electron chi connectivity index (χ3n) is 9.12. The number of hydrogen-bond donors (Lipinski definition) is 3. The van der Waals surface area contributed by atoms with Gasteiger partial charge in [0.2, 0.25) is 11.7 Å². The summed E-state index contributed by atoms with van der Waals surface area (Å²) >= 11 is 0. The summed E-state index contributed by atoms with van der Waals surface area (Å²) < 4.78 is 23.2. The number of amides is 4. The van der Waals surface area contributed by atoms with Crippen LogP contribution in [0.15, 0.2) is 76.3 Å². The highest BCUT2D eigenvalue weighted by molar-refractivity contribution is 6.15. The molecule has 3 aromatic carbocycles. The zero-order valence-corrected chi connectivity index (χ0v) is 30.2. The van der Waals surface area contributed by atoms with E-state index in [0.717, 1.165) is 11.3 Å². The van der Waals surface area contributed by atoms with Crippen molar-refractivity contribution in [2.24, 2.45) is 12.0 Å². The van der Waals surface area contributed by atoms with Crippen molar-refractivity contribution in [2.75, 3.05) is 42.9 Å². The Bertz CT molecular complexity index is 2360. The molecule has 0 spiro atoms. The average Bonchev–Trinajstić information content (AvgIpc) is 3.87. The van der Waals surface area contributed by atoms with Crippen LogP contribution < -0.4 is 30.3 Å². The maximum atomic E-state index is 13.6. The van der Waals surface area contributed by atoms with Gasteiger partial charge in [0, 0.05) is 61.7 Å². The van der Waals surface area contributed by atoms with Gasteiger partial charge in [-0.2, -0.15) is 0 Å². The van der Waals surface area contributed by atoms with Crippen LogP contribution in [0, 0.1) is 0 Å². The number of para-hydroxylation sites is 1. The Hall–Kier alpha value is -6.97. The van der Waals surface area contributed by atoms with Crippen LogP contribution in [0.5, 0.6) is 11.5 Å². The lowest BCUT2D eigenvalue weighted by Crippen LogP contribution is -2.37. The monoisotopic (exact) mass is 747 g/mol. The SMILES string of the molecule is COC(=O)CCNC(=O)c1cc2cc(NC(=O)c3nc(NC(=O)CCCOc4cc5c(cc4OC)C(=O)N4c6ccccc6C[C@H]4C=N5)cn3C)ccc2o1. The van der Waals surface area contributed by atoms with Crippen LogP contribution in [-0.4, -0.2) is 78.8 Å². The minimum atomic E-state index is -0.522. The molecule has 5 aromatic rings. The molecular weight excluding hydrogens is 710 g/mol. The number of carbonyl (C=O) groups excluding carboxylic acids is 5. The summed E-state index contributed by atoms with van der Waals surface area (Å²) in [5.41, 5.74) is 3.72. The number of ether oxygens (including phenoxy) is 3. The molecule has 0 aliphatic carbocycles. The van der Waals surface area contributed by atoms with Crippen molar-refractivity contribution in [3.05, 3.63) is 89.6 Å². The molecule has 2 aliphatic heterocycles. The number of aliphatic imine (C=N–C) groups is 1. The number of anilines is 3. The molecule has 0 fully saturated rings. The van der Waals surface area contributed by atoms with Gasteiger partial charge in [-0.1, -0.05) is 18.2 Å². The van der Waals surface area contributed by atoms with Crippen LogP contribution in [0.4, 0.5) is 22.9 Å². The first-order chi connectivity index (χ1) is 26.6. The van der Waals surface area contributed by atoms with E-state index in [4.69, 9.17) is 13.9 Å². The van der Waals surface area contributed by atoms with Crippen molar-refractivity contribution in [1.29, 1.82) is 0 Å². The third-order valence-corrected chi connectivity index (χ3v) is 9.12. The number of benzene rings is 3. The number of fused-ring (bicyclic) bond motifs is 5. The topological polar surface area (TPSA) is 196 Å². The van der Waals surface area contributed by atoms with Crippen LogP contribution in [0.2, 0.25) is 0 Å². The first-order valence-corrected chi connectivity index (χ1v) is 17.5. The largest absolute Gasteiger partial charge is 0.493 e. The highest BCUT2D eigenvalue weighted by Crippen LogP contribution is 2.41. The third kappa shape index (κ3) is 7.74. The molecule has 0 unspecified atom stereocenters. The second kappa shape index (κ2) is 15.6. The molecule has 282 valence electrons. The molecule has 0 saturated carbocycles. The summed E-state index contributed by atoms with van der Waals surface area (Å²) in [6, 6.07) is 17.4. The van der Waals surface area contributed by atoms with Gasteiger partial charge in [-0.15, -0.1) is 0 Å². The molecule has 0 saturated heterocycles. The van der Waals surface area contributed by atoms with Crippen molar-refractivity contribution < 1.29 is 42.6 Å². The lowest BCUT2D eigenvalue weighted by molar-refractivity contribution is -0.140. The molecule has 0 radical (unpaired) electrons. The summed E-state index contributed by atoms with van der Waals surface area (Å²) in [5, 5.41) is 8.65. The van der Waals surface area contributed by atoms with Crippen molar-refractivity contribution in [2.45, 2.75) is 31.7 Å². The zero-order valence-electron chi connectivity index (χ0n) is 30.2. The number of imidazole rings is 1. The van der Waals surface area contributed by atoms with E-state index in [1.165, 1.54) is 31.0 Å². The molecule has 0 bridgehead atoms. The average molecular weight is 748 g/mol. The lowest BCUT2D eigenvalue weighted by atomic mass is 10.1. The fraction of sp³-hybridized carbons (Fsp3) is 0.256. The van der Waals surface area contributed by atoms with E-state index in [-0.39, 0.29) is 61.3 Å². The summed E-state index contributed by atoms with van der Waals surface area (Å²) in [7, 11) is 4.39. The van der Waals surface area contributed by atoms with E-state index in [1.807, 2.05) is 24.3 Å². The predicted molar refractivity (Wildman–Crippen MR) is 202 cm³/mol. The molecule has 16 heteroatoms. The summed E-state index contributed by atoms with van der Waals surface area (Å²) in [6.45, 7) is 0.272. The Morgan fingerprint density at radius 3 is 2.62 bits per heavy atom. The highest BCUT2D eigenvalue weighted by atomic mass is 16.5. The van der Waals surface area contributed by atoms with Gasteiger partial charge < -0.3 is 39.1 Å². The number of hydrogen-bond acceptors (Lipinski definition) is 11. The van der Waals surface area contributed by atoms with Crippen molar-refractivity contribution >= 4 is 69.7 Å². The highest BCUT2D eigenvalue weighted by Gasteiger charge is 2.36. The normalized spacial score (nSPS) is 14.1.